The standard InChI is InChI=1S/C11H15NO5/c1-8(10(2,14)15)11(7-13)5-3-4-9(6-11)12(16)17/h3-5,7-8,14-15H,6H2,1-2H3/t8-,11-/m1/s1. The van der Waals surface area contributed by atoms with E-state index < -0.39 is 22.0 Å². The van der Waals surface area contributed by atoms with Crippen molar-refractivity contribution in [3.8, 4) is 0 Å². The molecule has 0 saturated heterocycles. The first-order valence-electron chi connectivity index (χ1n) is 5.17. The summed E-state index contributed by atoms with van der Waals surface area (Å²) in [5, 5.41) is 29.8. The van der Waals surface area contributed by atoms with E-state index in [0.29, 0.717) is 6.29 Å². The summed E-state index contributed by atoms with van der Waals surface area (Å²) in [7, 11) is 0. The van der Waals surface area contributed by atoms with E-state index in [1.165, 1.54) is 25.2 Å². The van der Waals surface area contributed by atoms with Gasteiger partial charge >= 0.3 is 0 Å². The Hall–Kier alpha value is -1.53. The smallest absolute Gasteiger partial charge is 0.247 e. The van der Waals surface area contributed by atoms with Crippen molar-refractivity contribution >= 4 is 6.29 Å². The monoisotopic (exact) mass is 241 g/mol. The zero-order valence-electron chi connectivity index (χ0n) is 9.66. The van der Waals surface area contributed by atoms with Crippen LogP contribution in [-0.2, 0) is 4.79 Å². The molecule has 1 rings (SSSR count). The Labute approximate surface area is 98.4 Å². The fourth-order valence-electron chi connectivity index (χ4n) is 1.88. The van der Waals surface area contributed by atoms with Crippen LogP contribution in [0.2, 0.25) is 0 Å². The topological polar surface area (TPSA) is 101 Å². The molecule has 0 amide bonds. The molecule has 0 bridgehead atoms. The van der Waals surface area contributed by atoms with E-state index in [9.17, 15) is 25.1 Å². The van der Waals surface area contributed by atoms with Crippen molar-refractivity contribution in [1.82, 2.24) is 0 Å². The molecule has 1 aliphatic carbocycles. The lowest BCUT2D eigenvalue weighted by Gasteiger charge is -2.37. The minimum atomic E-state index is -2.08. The maximum Gasteiger partial charge on any atom is 0.247 e. The highest BCUT2D eigenvalue weighted by molar-refractivity contribution is 5.65. The molecule has 0 saturated carbocycles. The number of hydrogen-bond acceptors (Lipinski definition) is 5. The molecular formula is C11H15NO5. The van der Waals surface area contributed by atoms with Crippen LogP contribution in [-0.4, -0.2) is 27.2 Å². The Morgan fingerprint density at radius 2 is 2.24 bits per heavy atom. The van der Waals surface area contributed by atoms with Crippen LogP contribution in [0.4, 0.5) is 0 Å². The first-order valence-corrected chi connectivity index (χ1v) is 5.17. The molecular weight excluding hydrogens is 226 g/mol. The molecule has 2 N–H and O–H groups in total. The van der Waals surface area contributed by atoms with Crippen LogP contribution in [0.15, 0.2) is 23.9 Å². The number of hydrogen-bond donors (Lipinski definition) is 2. The lowest BCUT2D eigenvalue weighted by molar-refractivity contribution is -0.430. The fourth-order valence-corrected chi connectivity index (χ4v) is 1.88. The predicted octanol–water partition coefficient (Wildman–Crippen LogP) is 0.629. The largest absolute Gasteiger partial charge is 0.366 e. The molecule has 1 aliphatic rings. The van der Waals surface area contributed by atoms with Crippen LogP contribution in [0, 0.1) is 21.4 Å². The molecule has 0 aromatic rings. The molecule has 0 spiro atoms. The Kier molecular flexibility index (Phi) is 3.49. The van der Waals surface area contributed by atoms with Gasteiger partial charge < -0.3 is 15.0 Å². The van der Waals surface area contributed by atoms with Gasteiger partial charge in [-0.25, -0.2) is 0 Å². The normalized spacial score (nSPS) is 26.2. The molecule has 0 heterocycles. The van der Waals surface area contributed by atoms with Crippen molar-refractivity contribution < 1.29 is 19.9 Å². The molecule has 2 atom stereocenters. The second-order valence-electron chi connectivity index (χ2n) is 4.50. The Morgan fingerprint density at radius 3 is 2.65 bits per heavy atom. The van der Waals surface area contributed by atoms with Gasteiger partial charge in [0.25, 0.3) is 0 Å². The summed E-state index contributed by atoms with van der Waals surface area (Å²) in [6.45, 7) is 2.63. The van der Waals surface area contributed by atoms with Crippen LogP contribution in [0.25, 0.3) is 0 Å². The Morgan fingerprint density at radius 1 is 1.65 bits per heavy atom. The molecule has 0 unspecified atom stereocenters. The minimum Gasteiger partial charge on any atom is -0.366 e. The first-order chi connectivity index (χ1) is 7.73. The van der Waals surface area contributed by atoms with Gasteiger partial charge in [0.2, 0.25) is 5.70 Å². The second-order valence-corrected chi connectivity index (χ2v) is 4.50. The summed E-state index contributed by atoms with van der Waals surface area (Å²) in [6, 6.07) is 0. The summed E-state index contributed by atoms with van der Waals surface area (Å²) in [5.74, 6) is -2.93. The molecule has 17 heavy (non-hydrogen) atoms. The van der Waals surface area contributed by atoms with Gasteiger partial charge in [-0.3, -0.25) is 10.1 Å². The highest BCUT2D eigenvalue weighted by atomic mass is 16.6. The number of nitro groups is 1. The highest BCUT2D eigenvalue weighted by Gasteiger charge is 2.46. The van der Waals surface area contributed by atoms with Crippen molar-refractivity contribution in [2.45, 2.75) is 26.1 Å². The summed E-state index contributed by atoms with van der Waals surface area (Å²) < 4.78 is 0. The van der Waals surface area contributed by atoms with E-state index in [4.69, 9.17) is 0 Å². The average molecular weight is 241 g/mol. The number of allylic oxidation sites excluding steroid dienone is 4. The first kappa shape index (κ1) is 13.5. The molecule has 94 valence electrons. The zero-order chi connectivity index (χ0) is 13.3. The number of carbonyl (C=O) groups is 1. The summed E-state index contributed by atoms with van der Waals surface area (Å²) >= 11 is 0. The van der Waals surface area contributed by atoms with E-state index >= 15 is 0 Å². The van der Waals surface area contributed by atoms with Gasteiger partial charge in [0.15, 0.2) is 5.79 Å². The predicted molar refractivity (Wildman–Crippen MR) is 59.3 cm³/mol. The van der Waals surface area contributed by atoms with Crippen molar-refractivity contribution in [1.29, 1.82) is 0 Å². The molecule has 0 radical (unpaired) electrons. The third-order valence-corrected chi connectivity index (χ3v) is 3.26. The van der Waals surface area contributed by atoms with Gasteiger partial charge in [-0.05, 0) is 6.92 Å². The molecule has 0 aliphatic heterocycles. The van der Waals surface area contributed by atoms with Gasteiger partial charge in [0, 0.05) is 12.0 Å². The minimum absolute atomic E-state index is 0.115. The molecule has 0 aromatic carbocycles. The van der Waals surface area contributed by atoms with Crippen molar-refractivity contribution in [2.75, 3.05) is 0 Å². The van der Waals surface area contributed by atoms with Gasteiger partial charge in [0.05, 0.1) is 16.8 Å². The van der Waals surface area contributed by atoms with Gasteiger partial charge in [-0.2, -0.15) is 0 Å². The SMILES string of the molecule is C[C@H](C(C)(O)O)[C@]1(C=O)C=CC=C([N+](=O)[O-])C1. The Balaban J connectivity index is 3.09. The fraction of sp³-hybridized carbons (Fsp3) is 0.545. The van der Waals surface area contributed by atoms with Crippen molar-refractivity contribution in [2.24, 2.45) is 11.3 Å². The number of aliphatic hydroxyl groups is 2. The number of aldehydes is 1. The summed E-state index contributed by atoms with van der Waals surface area (Å²) in [5.41, 5.74) is -1.37. The summed E-state index contributed by atoms with van der Waals surface area (Å²) in [4.78, 5) is 21.3. The van der Waals surface area contributed by atoms with Crippen LogP contribution >= 0.6 is 0 Å². The van der Waals surface area contributed by atoms with E-state index in [-0.39, 0.29) is 12.1 Å². The molecule has 6 nitrogen and oxygen atoms in total. The van der Waals surface area contributed by atoms with Gasteiger partial charge in [0.1, 0.15) is 6.29 Å². The van der Waals surface area contributed by atoms with Crippen molar-refractivity contribution in [3.05, 3.63) is 34.0 Å². The zero-order valence-corrected chi connectivity index (χ0v) is 9.66. The third-order valence-electron chi connectivity index (χ3n) is 3.26. The van der Waals surface area contributed by atoms with Crippen molar-refractivity contribution in [3.63, 3.8) is 0 Å². The third kappa shape index (κ3) is 2.59. The lowest BCUT2D eigenvalue weighted by atomic mass is 9.69. The number of rotatable bonds is 4. The van der Waals surface area contributed by atoms with Crippen LogP contribution < -0.4 is 0 Å². The number of carbonyl (C=O) groups excluding carboxylic acids is 1. The maximum atomic E-state index is 11.2. The van der Waals surface area contributed by atoms with E-state index in [1.807, 2.05) is 0 Å². The number of nitrogens with zero attached hydrogens (tertiary/aromatic N) is 1. The maximum absolute atomic E-state index is 11.2. The lowest BCUT2D eigenvalue weighted by Crippen LogP contribution is -2.45. The van der Waals surface area contributed by atoms with Crippen LogP contribution in [0.5, 0.6) is 0 Å². The average Bonchev–Trinajstić information content (AvgIpc) is 2.26. The second kappa shape index (κ2) is 4.38. The highest BCUT2D eigenvalue weighted by Crippen LogP contribution is 2.41. The van der Waals surface area contributed by atoms with Crippen LogP contribution in [0.3, 0.4) is 0 Å². The quantitative estimate of drug-likeness (QED) is 0.325. The summed E-state index contributed by atoms with van der Waals surface area (Å²) in [6.07, 6.45) is 4.58. The van der Waals surface area contributed by atoms with E-state index in [2.05, 4.69) is 0 Å². The molecule has 6 heteroatoms. The van der Waals surface area contributed by atoms with Gasteiger partial charge in [-0.1, -0.05) is 19.1 Å². The molecule has 0 aromatic heterocycles. The van der Waals surface area contributed by atoms with E-state index in [1.54, 1.807) is 0 Å². The van der Waals surface area contributed by atoms with Crippen LogP contribution in [0.1, 0.15) is 20.3 Å². The molecule has 0 fully saturated rings. The van der Waals surface area contributed by atoms with E-state index in [0.717, 1.165) is 6.92 Å². The Bertz CT molecular complexity index is 393. The van der Waals surface area contributed by atoms with Gasteiger partial charge in [-0.15, -0.1) is 0 Å².